The lowest BCUT2D eigenvalue weighted by Gasteiger charge is -2.10. The Morgan fingerprint density at radius 1 is 1.39 bits per heavy atom. The van der Waals surface area contributed by atoms with Gasteiger partial charge in [-0.1, -0.05) is 13.3 Å². The van der Waals surface area contributed by atoms with Crippen molar-refractivity contribution in [3.8, 4) is 5.75 Å². The monoisotopic (exact) mass is 271 g/mol. The first-order valence-corrected chi connectivity index (χ1v) is 7.52. The number of sulfone groups is 1. The first kappa shape index (κ1) is 14.5. The Balaban J connectivity index is 3.09. The molecule has 0 bridgehead atoms. The van der Waals surface area contributed by atoms with E-state index in [4.69, 9.17) is 10.5 Å². The number of unbranched alkanes of at least 4 members (excludes halogenated alkanes) is 1. The van der Waals surface area contributed by atoms with E-state index >= 15 is 0 Å². The second kappa shape index (κ2) is 5.86. The highest BCUT2D eigenvalue weighted by molar-refractivity contribution is 7.90. The smallest absolute Gasteiger partial charge is 0.252 e. The second-order valence-corrected chi connectivity index (χ2v) is 6.01. The highest BCUT2D eigenvalue weighted by atomic mass is 32.2. The highest BCUT2D eigenvalue weighted by Crippen LogP contribution is 2.22. The minimum atomic E-state index is -3.36. The van der Waals surface area contributed by atoms with Crippen LogP contribution in [0.25, 0.3) is 0 Å². The number of rotatable bonds is 6. The van der Waals surface area contributed by atoms with Crippen LogP contribution in [0.5, 0.6) is 5.75 Å². The Morgan fingerprint density at radius 3 is 2.56 bits per heavy atom. The maximum atomic E-state index is 11.4. The highest BCUT2D eigenvalue weighted by Gasteiger charge is 2.15. The zero-order valence-corrected chi connectivity index (χ0v) is 11.3. The van der Waals surface area contributed by atoms with Crippen LogP contribution in [0.3, 0.4) is 0 Å². The minimum absolute atomic E-state index is 0.0548. The van der Waals surface area contributed by atoms with Gasteiger partial charge in [0.05, 0.1) is 17.1 Å². The van der Waals surface area contributed by atoms with Crippen molar-refractivity contribution in [1.82, 2.24) is 0 Å². The fourth-order valence-electron chi connectivity index (χ4n) is 1.38. The van der Waals surface area contributed by atoms with Gasteiger partial charge in [0.1, 0.15) is 5.75 Å². The van der Waals surface area contributed by atoms with E-state index in [-0.39, 0.29) is 10.5 Å². The quantitative estimate of drug-likeness (QED) is 0.792. The van der Waals surface area contributed by atoms with Gasteiger partial charge < -0.3 is 10.5 Å². The van der Waals surface area contributed by atoms with Gasteiger partial charge >= 0.3 is 0 Å². The Morgan fingerprint density at radius 2 is 2.06 bits per heavy atom. The number of carbonyl (C=O) groups excluding carboxylic acids is 1. The van der Waals surface area contributed by atoms with Crippen molar-refractivity contribution in [2.24, 2.45) is 5.73 Å². The summed E-state index contributed by atoms with van der Waals surface area (Å²) >= 11 is 0. The zero-order chi connectivity index (χ0) is 13.8. The van der Waals surface area contributed by atoms with Crippen molar-refractivity contribution < 1.29 is 17.9 Å². The van der Waals surface area contributed by atoms with Crippen molar-refractivity contribution in [3.63, 3.8) is 0 Å². The molecular weight excluding hydrogens is 254 g/mol. The van der Waals surface area contributed by atoms with Crippen LogP contribution in [0.1, 0.15) is 30.1 Å². The molecular formula is C12H17NO4S. The van der Waals surface area contributed by atoms with Crippen LogP contribution < -0.4 is 10.5 Å². The average Bonchev–Trinajstić information content (AvgIpc) is 2.28. The lowest BCUT2D eigenvalue weighted by Crippen LogP contribution is -2.14. The van der Waals surface area contributed by atoms with E-state index < -0.39 is 15.7 Å². The molecule has 5 nitrogen and oxygen atoms in total. The molecule has 0 unspecified atom stereocenters. The van der Waals surface area contributed by atoms with Crippen molar-refractivity contribution in [3.05, 3.63) is 23.8 Å². The molecule has 1 aromatic carbocycles. The van der Waals surface area contributed by atoms with E-state index in [2.05, 4.69) is 0 Å². The molecule has 0 aromatic heterocycles. The van der Waals surface area contributed by atoms with Crippen LogP contribution in [0.4, 0.5) is 0 Å². The molecule has 0 radical (unpaired) electrons. The Hall–Kier alpha value is -1.56. The molecule has 0 aliphatic rings. The van der Waals surface area contributed by atoms with Crippen LogP contribution in [-0.4, -0.2) is 27.2 Å². The first-order chi connectivity index (χ1) is 8.36. The topological polar surface area (TPSA) is 86.5 Å². The van der Waals surface area contributed by atoms with Gasteiger partial charge in [-0.25, -0.2) is 8.42 Å². The first-order valence-electron chi connectivity index (χ1n) is 5.63. The molecule has 2 N–H and O–H groups in total. The summed E-state index contributed by atoms with van der Waals surface area (Å²) in [6, 6.07) is 4.12. The summed E-state index contributed by atoms with van der Waals surface area (Å²) in [5, 5.41) is 0. The Kier molecular flexibility index (Phi) is 4.72. The van der Waals surface area contributed by atoms with Crippen LogP contribution in [0, 0.1) is 0 Å². The van der Waals surface area contributed by atoms with Gasteiger partial charge in [-0.2, -0.15) is 0 Å². The number of amides is 1. The molecule has 0 aliphatic heterocycles. The molecule has 0 atom stereocenters. The third-order valence-electron chi connectivity index (χ3n) is 2.40. The van der Waals surface area contributed by atoms with Gasteiger partial charge in [0, 0.05) is 6.26 Å². The van der Waals surface area contributed by atoms with Crippen molar-refractivity contribution in [2.75, 3.05) is 12.9 Å². The minimum Gasteiger partial charge on any atom is -0.493 e. The molecule has 100 valence electrons. The standard InChI is InChI=1S/C12H17NO4S/c1-3-4-7-17-11-6-5-9(18(2,15)16)8-10(11)12(13)14/h5-6,8H,3-4,7H2,1-2H3,(H2,13,14). The van der Waals surface area contributed by atoms with E-state index in [1.54, 1.807) is 0 Å². The molecule has 6 heteroatoms. The molecule has 0 saturated heterocycles. The summed E-state index contributed by atoms with van der Waals surface area (Å²) < 4.78 is 28.2. The molecule has 1 rings (SSSR count). The molecule has 0 spiro atoms. The fourth-order valence-corrected chi connectivity index (χ4v) is 2.03. The Bertz CT molecular complexity index is 537. The van der Waals surface area contributed by atoms with Crippen molar-refractivity contribution in [2.45, 2.75) is 24.7 Å². The van der Waals surface area contributed by atoms with Crippen LogP contribution in [0.2, 0.25) is 0 Å². The summed E-state index contributed by atoms with van der Waals surface area (Å²) in [6.45, 7) is 2.49. The number of nitrogens with two attached hydrogens (primary N) is 1. The summed E-state index contributed by atoms with van der Waals surface area (Å²) in [4.78, 5) is 11.3. The largest absolute Gasteiger partial charge is 0.493 e. The van der Waals surface area contributed by atoms with Gasteiger partial charge in [-0.3, -0.25) is 4.79 Å². The molecule has 1 aromatic rings. The molecule has 18 heavy (non-hydrogen) atoms. The zero-order valence-electron chi connectivity index (χ0n) is 10.5. The Labute approximate surface area is 107 Å². The van der Waals surface area contributed by atoms with E-state index in [0.717, 1.165) is 19.1 Å². The van der Waals surface area contributed by atoms with E-state index in [1.807, 2.05) is 6.92 Å². The average molecular weight is 271 g/mol. The number of ether oxygens (including phenoxy) is 1. The van der Waals surface area contributed by atoms with Crippen LogP contribution >= 0.6 is 0 Å². The van der Waals surface area contributed by atoms with Crippen molar-refractivity contribution in [1.29, 1.82) is 0 Å². The summed E-state index contributed by atoms with van der Waals surface area (Å²) in [6.07, 6.45) is 2.89. The molecule has 0 saturated carbocycles. The van der Waals surface area contributed by atoms with Crippen molar-refractivity contribution >= 4 is 15.7 Å². The van der Waals surface area contributed by atoms with Crippen LogP contribution in [0.15, 0.2) is 23.1 Å². The maximum absolute atomic E-state index is 11.4. The van der Waals surface area contributed by atoms with E-state index in [9.17, 15) is 13.2 Å². The van der Waals surface area contributed by atoms with Gasteiger partial charge in [0.25, 0.3) is 5.91 Å². The van der Waals surface area contributed by atoms with E-state index in [0.29, 0.717) is 12.4 Å². The number of hydrogen-bond acceptors (Lipinski definition) is 4. The predicted octanol–water partition coefficient (Wildman–Crippen LogP) is 1.37. The third kappa shape index (κ3) is 3.73. The number of carbonyl (C=O) groups is 1. The second-order valence-electron chi connectivity index (χ2n) is 4.00. The summed E-state index contributed by atoms with van der Waals surface area (Å²) in [5.74, 6) is -0.379. The number of benzene rings is 1. The van der Waals surface area contributed by atoms with Crippen LogP contribution in [-0.2, 0) is 9.84 Å². The third-order valence-corrected chi connectivity index (χ3v) is 3.51. The number of hydrogen-bond donors (Lipinski definition) is 1. The summed E-state index contributed by atoms with van der Waals surface area (Å²) in [5.41, 5.74) is 5.31. The number of primary amides is 1. The lowest BCUT2D eigenvalue weighted by atomic mass is 10.2. The van der Waals surface area contributed by atoms with Gasteiger partial charge in [-0.05, 0) is 24.6 Å². The fraction of sp³-hybridized carbons (Fsp3) is 0.417. The molecule has 0 aliphatic carbocycles. The summed E-state index contributed by atoms with van der Waals surface area (Å²) in [7, 11) is -3.36. The maximum Gasteiger partial charge on any atom is 0.252 e. The van der Waals surface area contributed by atoms with Gasteiger partial charge in [-0.15, -0.1) is 0 Å². The lowest BCUT2D eigenvalue weighted by molar-refractivity contribution is 0.0996. The predicted molar refractivity (Wildman–Crippen MR) is 68.5 cm³/mol. The normalized spacial score (nSPS) is 11.2. The SMILES string of the molecule is CCCCOc1ccc(S(C)(=O)=O)cc1C(N)=O. The van der Waals surface area contributed by atoms with Gasteiger partial charge in [0.15, 0.2) is 9.84 Å². The van der Waals surface area contributed by atoms with E-state index in [1.165, 1.54) is 18.2 Å². The molecule has 1 amide bonds. The molecule has 0 fully saturated rings. The molecule has 0 heterocycles. The van der Waals surface area contributed by atoms with Gasteiger partial charge in [0.2, 0.25) is 0 Å².